The van der Waals surface area contributed by atoms with Gasteiger partial charge in [-0.05, 0) is 18.2 Å². The quantitative estimate of drug-likeness (QED) is 0.509. The van der Waals surface area contributed by atoms with Gasteiger partial charge in [0.25, 0.3) is 0 Å². The van der Waals surface area contributed by atoms with Crippen molar-refractivity contribution in [3.63, 3.8) is 0 Å². The number of hydrogen-bond acceptors (Lipinski definition) is 5. The number of benzene rings is 1. The smallest absolute Gasteiger partial charge is 0.311 e. The second kappa shape index (κ2) is 5.05. The third-order valence-electron chi connectivity index (χ3n) is 2.24. The van der Waals surface area contributed by atoms with Crippen molar-refractivity contribution in [2.24, 2.45) is 4.99 Å². The van der Waals surface area contributed by atoms with Crippen molar-refractivity contribution in [3.05, 3.63) is 58.4 Å². The van der Waals surface area contributed by atoms with Crippen LogP contribution in [0.5, 0.6) is 5.75 Å². The summed E-state index contributed by atoms with van der Waals surface area (Å²) < 4.78 is 0. The van der Waals surface area contributed by atoms with Gasteiger partial charge in [0.1, 0.15) is 0 Å². The molecular weight excluding hydrogens is 234 g/mol. The number of rotatable bonds is 3. The summed E-state index contributed by atoms with van der Waals surface area (Å²) in [6, 6.07) is 7.72. The maximum atomic E-state index is 10.6. The SMILES string of the molecule is O=[N+]([O-])c1cccc(C=Nc2cccnc2)c1O. The molecule has 0 radical (unpaired) electrons. The molecular formula is C12H9N3O3. The number of pyridine rings is 1. The second-order valence-electron chi connectivity index (χ2n) is 3.44. The zero-order valence-electron chi connectivity index (χ0n) is 9.22. The number of nitro groups is 1. The van der Waals surface area contributed by atoms with E-state index in [4.69, 9.17) is 0 Å². The number of nitrogens with zero attached hydrogens (tertiary/aromatic N) is 3. The highest BCUT2D eigenvalue weighted by Crippen LogP contribution is 2.28. The van der Waals surface area contributed by atoms with Crippen LogP contribution in [0, 0.1) is 10.1 Å². The molecule has 1 N–H and O–H groups in total. The van der Waals surface area contributed by atoms with Crippen LogP contribution in [0.2, 0.25) is 0 Å². The van der Waals surface area contributed by atoms with Crippen LogP contribution < -0.4 is 0 Å². The number of aromatic nitrogens is 1. The van der Waals surface area contributed by atoms with E-state index in [0.29, 0.717) is 5.69 Å². The van der Waals surface area contributed by atoms with E-state index >= 15 is 0 Å². The molecule has 0 aliphatic carbocycles. The molecule has 0 saturated carbocycles. The van der Waals surface area contributed by atoms with Crippen LogP contribution in [0.15, 0.2) is 47.7 Å². The standard InChI is InChI=1S/C12H9N3O3/c16-12-9(3-1-5-11(12)15(17)18)7-14-10-4-2-6-13-8-10/h1-8,16H. The number of aliphatic imine (C=N–C) groups is 1. The molecule has 1 heterocycles. The zero-order chi connectivity index (χ0) is 13.0. The lowest BCUT2D eigenvalue weighted by Crippen LogP contribution is -1.91. The molecule has 1 aromatic heterocycles. The number of para-hydroxylation sites is 1. The normalized spacial score (nSPS) is 10.7. The van der Waals surface area contributed by atoms with Crippen molar-refractivity contribution in [1.82, 2.24) is 4.98 Å². The molecule has 0 saturated heterocycles. The molecule has 0 bridgehead atoms. The lowest BCUT2D eigenvalue weighted by Gasteiger charge is -1.99. The van der Waals surface area contributed by atoms with Crippen molar-refractivity contribution < 1.29 is 10.0 Å². The second-order valence-corrected chi connectivity index (χ2v) is 3.44. The van der Waals surface area contributed by atoms with Crippen LogP contribution in [0.25, 0.3) is 0 Å². The van der Waals surface area contributed by atoms with Gasteiger partial charge in [0.2, 0.25) is 5.75 Å². The van der Waals surface area contributed by atoms with Gasteiger partial charge in [0.15, 0.2) is 0 Å². The third-order valence-corrected chi connectivity index (χ3v) is 2.24. The first kappa shape index (κ1) is 11.7. The fraction of sp³-hybridized carbons (Fsp3) is 0. The summed E-state index contributed by atoms with van der Waals surface area (Å²) in [4.78, 5) is 17.9. The Kier molecular flexibility index (Phi) is 3.29. The summed E-state index contributed by atoms with van der Waals surface area (Å²) >= 11 is 0. The van der Waals surface area contributed by atoms with E-state index in [9.17, 15) is 15.2 Å². The number of hydrogen-bond donors (Lipinski definition) is 1. The van der Waals surface area contributed by atoms with Gasteiger partial charge in [0.05, 0.1) is 16.8 Å². The summed E-state index contributed by atoms with van der Waals surface area (Å²) in [6.07, 6.45) is 4.52. The highest BCUT2D eigenvalue weighted by Gasteiger charge is 2.14. The monoisotopic (exact) mass is 243 g/mol. The molecule has 6 nitrogen and oxygen atoms in total. The van der Waals surface area contributed by atoms with Gasteiger partial charge in [0, 0.05) is 24.0 Å². The molecule has 0 spiro atoms. The summed E-state index contributed by atoms with van der Waals surface area (Å²) in [5, 5.41) is 20.3. The van der Waals surface area contributed by atoms with Crippen LogP contribution in [0.3, 0.4) is 0 Å². The Bertz CT molecular complexity index is 597. The Labute approximate surface area is 102 Å². The van der Waals surface area contributed by atoms with Gasteiger partial charge >= 0.3 is 5.69 Å². The maximum absolute atomic E-state index is 10.6. The topological polar surface area (TPSA) is 88.6 Å². The van der Waals surface area contributed by atoms with E-state index in [1.54, 1.807) is 30.6 Å². The molecule has 18 heavy (non-hydrogen) atoms. The Morgan fingerprint density at radius 2 is 2.17 bits per heavy atom. The van der Waals surface area contributed by atoms with Crippen LogP contribution in [0.4, 0.5) is 11.4 Å². The van der Waals surface area contributed by atoms with E-state index in [0.717, 1.165) is 0 Å². The Hall–Kier alpha value is -2.76. The first-order valence-corrected chi connectivity index (χ1v) is 5.09. The van der Waals surface area contributed by atoms with Crippen LogP contribution in [-0.4, -0.2) is 21.2 Å². The highest BCUT2D eigenvalue weighted by molar-refractivity contribution is 5.87. The number of aromatic hydroxyl groups is 1. The maximum Gasteiger partial charge on any atom is 0.311 e. The van der Waals surface area contributed by atoms with Crippen LogP contribution in [0.1, 0.15) is 5.56 Å². The van der Waals surface area contributed by atoms with Gasteiger partial charge in [-0.3, -0.25) is 20.1 Å². The van der Waals surface area contributed by atoms with E-state index in [1.165, 1.54) is 18.3 Å². The Balaban J connectivity index is 2.33. The van der Waals surface area contributed by atoms with Crippen molar-refractivity contribution in [3.8, 4) is 5.75 Å². The molecule has 0 amide bonds. The molecule has 0 atom stereocenters. The fourth-order valence-electron chi connectivity index (χ4n) is 1.37. The molecule has 0 aliphatic rings. The van der Waals surface area contributed by atoms with E-state index < -0.39 is 10.7 Å². The Morgan fingerprint density at radius 1 is 1.33 bits per heavy atom. The van der Waals surface area contributed by atoms with Gasteiger partial charge in [-0.25, -0.2) is 0 Å². The number of phenols is 1. The first-order valence-electron chi connectivity index (χ1n) is 5.09. The largest absolute Gasteiger partial charge is 0.502 e. The number of phenolic OH excluding ortho intramolecular Hbond substituents is 1. The van der Waals surface area contributed by atoms with Crippen molar-refractivity contribution in [1.29, 1.82) is 0 Å². The average molecular weight is 243 g/mol. The summed E-state index contributed by atoms with van der Waals surface area (Å²) in [7, 11) is 0. The molecule has 2 aromatic rings. The van der Waals surface area contributed by atoms with E-state index in [-0.39, 0.29) is 11.3 Å². The molecule has 90 valence electrons. The molecule has 0 fully saturated rings. The van der Waals surface area contributed by atoms with E-state index in [2.05, 4.69) is 9.98 Å². The van der Waals surface area contributed by atoms with Gasteiger partial charge in [-0.1, -0.05) is 6.07 Å². The number of nitro benzene ring substituents is 1. The molecule has 6 heteroatoms. The first-order chi connectivity index (χ1) is 8.68. The molecule has 0 unspecified atom stereocenters. The lowest BCUT2D eigenvalue weighted by molar-refractivity contribution is -0.385. The highest BCUT2D eigenvalue weighted by atomic mass is 16.6. The summed E-state index contributed by atoms with van der Waals surface area (Å²) in [5.41, 5.74) is 0.543. The average Bonchev–Trinajstić information content (AvgIpc) is 2.38. The van der Waals surface area contributed by atoms with E-state index in [1.807, 2.05) is 0 Å². The molecule has 1 aromatic carbocycles. The van der Waals surface area contributed by atoms with Crippen LogP contribution in [-0.2, 0) is 0 Å². The van der Waals surface area contributed by atoms with Crippen molar-refractivity contribution >= 4 is 17.6 Å². The predicted octanol–water partition coefficient (Wildman–Crippen LogP) is 2.45. The molecule has 2 rings (SSSR count). The van der Waals surface area contributed by atoms with Crippen LogP contribution >= 0.6 is 0 Å². The minimum atomic E-state index is -0.642. The lowest BCUT2D eigenvalue weighted by atomic mass is 10.2. The van der Waals surface area contributed by atoms with Gasteiger partial charge in [-0.2, -0.15) is 0 Å². The fourth-order valence-corrected chi connectivity index (χ4v) is 1.37. The van der Waals surface area contributed by atoms with Crippen molar-refractivity contribution in [2.75, 3.05) is 0 Å². The van der Waals surface area contributed by atoms with Gasteiger partial charge in [-0.15, -0.1) is 0 Å². The Morgan fingerprint density at radius 3 is 2.83 bits per heavy atom. The third kappa shape index (κ3) is 2.49. The molecule has 0 aliphatic heterocycles. The minimum Gasteiger partial charge on any atom is -0.502 e. The van der Waals surface area contributed by atoms with Gasteiger partial charge < -0.3 is 5.11 Å². The summed E-state index contributed by atoms with van der Waals surface area (Å²) in [6.45, 7) is 0. The predicted molar refractivity (Wildman–Crippen MR) is 66.3 cm³/mol. The minimum absolute atomic E-state index is 0.285. The zero-order valence-corrected chi connectivity index (χ0v) is 9.22. The van der Waals surface area contributed by atoms with Crippen molar-refractivity contribution in [2.45, 2.75) is 0 Å². The summed E-state index contributed by atoms with van der Waals surface area (Å²) in [5.74, 6) is -0.393.